The summed E-state index contributed by atoms with van der Waals surface area (Å²) < 4.78 is 6.46. The number of hydrogen-bond donors (Lipinski definition) is 1. The molecule has 0 aliphatic rings. The van der Waals surface area contributed by atoms with Gasteiger partial charge in [-0.25, -0.2) is 4.98 Å². The van der Waals surface area contributed by atoms with Crippen LogP contribution in [0.3, 0.4) is 0 Å². The fraction of sp³-hybridized carbons (Fsp3) is 0.182. The Bertz CT molecular complexity index is 1280. The second kappa shape index (κ2) is 8.41. The first-order chi connectivity index (χ1) is 14.4. The summed E-state index contributed by atoms with van der Waals surface area (Å²) in [7, 11) is 1.67. The maximum absolute atomic E-state index is 12.8. The monoisotopic (exact) mass is 436 g/mol. The standard InChI is InChI=1S/C22H20N4O2S2/c1-13-4-8-15(9-5-13)18-19-20(30-25-18)21(28)26(3)22(24-19)29-12-17(27)23-16-10-6-14(2)7-11-16/h4-11H,12H2,1-3H3,(H,23,27). The second-order valence-corrected chi connectivity index (χ2v) is 8.75. The zero-order chi connectivity index (χ0) is 21.3. The van der Waals surface area contributed by atoms with Gasteiger partial charge in [-0.15, -0.1) is 0 Å². The highest BCUT2D eigenvalue weighted by atomic mass is 32.2. The maximum atomic E-state index is 12.8. The predicted octanol–water partition coefficient (Wildman–Crippen LogP) is 4.40. The molecule has 8 heteroatoms. The highest BCUT2D eigenvalue weighted by molar-refractivity contribution is 7.99. The molecule has 2 aromatic heterocycles. The largest absolute Gasteiger partial charge is 0.325 e. The van der Waals surface area contributed by atoms with E-state index in [1.807, 2.05) is 62.4 Å². The lowest BCUT2D eigenvalue weighted by atomic mass is 10.1. The van der Waals surface area contributed by atoms with Crippen LogP contribution in [0.5, 0.6) is 0 Å². The molecular weight excluding hydrogens is 416 g/mol. The number of aryl methyl sites for hydroxylation is 2. The van der Waals surface area contributed by atoms with E-state index in [4.69, 9.17) is 0 Å². The molecule has 0 fully saturated rings. The number of nitrogens with zero attached hydrogens (tertiary/aromatic N) is 3. The van der Waals surface area contributed by atoms with Crippen LogP contribution >= 0.6 is 23.3 Å². The third-order valence-corrected chi connectivity index (χ3v) is 6.51. The Kier molecular flexibility index (Phi) is 5.69. The van der Waals surface area contributed by atoms with Gasteiger partial charge in [-0.3, -0.25) is 14.2 Å². The summed E-state index contributed by atoms with van der Waals surface area (Å²) >= 11 is 2.39. The van der Waals surface area contributed by atoms with Crippen LogP contribution in [0.25, 0.3) is 21.5 Å². The summed E-state index contributed by atoms with van der Waals surface area (Å²) in [5.41, 5.74) is 5.05. The Labute approximate surface area is 182 Å². The van der Waals surface area contributed by atoms with Gasteiger partial charge in [0.2, 0.25) is 5.91 Å². The van der Waals surface area contributed by atoms with Crippen molar-refractivity contribution in [3.63, 3.8) is 0 Å². The number of fused-ring (bicyclic) bond motifs is 1. The van der Waals surface area contributed by atoms with Crippen LogP contribution in [0.2, 0.25) is 0 Å². The van der Waals surface area contributed by atoms with Crippen molar-refractivity contribution in [2.75, 3.05) is 11.1 Å². The maximum Gasteiger partial charge on any atom is 0.273 e. The minimum absolute atomic E-state index is 0.150. The van der Waals surface area contributed by atoms with Crippen molar-refractivity contribution in [3.05, 3.63) is 70.0 Å². The minimum Gasteiger partial charge on any atom is -0.325 e. The topological polar surface area (TPSA) is 76.9 Å². The lowest BCUT2D eigenvalue weighted by Gasteiger charge is -2.08. The van der Waals surface area contributed by atoms with E-state index in [9.17, 15) is 9.59 Å². The highest BCUT2D eigenvalue weighted by Crippen LogP contribution is 2.29. The molecule has 0 unspecified atom stereocenters. The first kappa shape index (κ1) is 20.3. The van der Waals surface area contributed by atoms with Crippen LogP contribution in [0.15, 0.2) is 58.5 Å². The van der Waals surface area contributed by atoms with Gasteiger partial charge in [-0.1, -0.05) is 59.3 Å². The second-order valence-electron chi connectivity index (χ2n) is 7.04. The third kappa shape index (κ3) is 4.15. The van der Waals surface area contributed by atoms with E-state index in [1.54, 1.807) is 7.05 Å². The van der Waals surface area contributed by atoms with Gasteiger partial charge in [0.15, 0.2) is 5.16 Å². The van der Waals surface area contributed by atoms with Gasteiger partial charge >= 0.3 is 0 Å². The number of carbonyl (C=O) groups excluding carboxylic acids is 1. The van der Waals surface area contributed by atoms with E-state index < -0.39 is 0 Å². The molecule has 1 N–H and O–H groups in total. The van der Waals surface area contributed by atoms with Gasteiger partial charge in [-0.05, 0) is 37.5 Å². The van der Waals surface area contributed by atoms with Gasteiger partial charge in [0.25, 0.3) is 5.56 Å². The fourth-order valence-electron chi connectivity index (χ4n) is 2.93. The smallest absolute Gasteiger partial charge is 0.273 e. The molecule has 0 saturated carbocycles. The molecule has 0 aliphatic heterocycles. The van der Waals surface area contributed by atoms with Gasteiger partial charge < -0.3 is 5.32 Å². The van der Waals surface area contributed by atoms with Gasteiger partial charge in [0.05, 0.1) is 5.75 Å². The van der Waals surface area contributed by atoms with E-state index in [-0.39, 0.29) is 17.2 Å². The number of carbonyl (C=O) groups is 1. The number of amides is 1. The summed E-state index contributed by atoms with van der Waals surface area (Å²) in [5.74, 6) is -0.00251. The predicted molar refractivity (Wildman–Crippen MR) is 123 cm³/mol. The number of nitrogens with one attached hydrogen (secondary N) is 1. The normalized spacial score (nSPS) is 11.0. The molecule has 0 radical (unpaired) electrons. The summed E-state index contributed by atoms with van der Waals surface area (Å²) in [4.78, 5) is 29.8. The fourth-order valence-corrected chi connectivity index (χ4v) is 4.52. The Morgan fingerprint density at radius 2 is 1.70 bits per heavy atom. The summed E-state index contributed by atoms with van der Waals surface area (Å²) in [5, 5.41) is 3.35. The molecule has 4 aromatic rings. The van der Waals surface area contributed by atoms with Crippen LogP contribution in [-0.4, -0.2) is 25.6 Å². The molecule has 4 rings (SSSR count). The van der Waals surface area contributed by atoms with Crippen molar-refractivity contribution in [2.24, 2.45) is 7.05 Å². The SMILES string of the molecule is Cc1ccc(NC(=O)CSc2nc3c(-c4ccc(C)cc4)nsc3c(=O)n2C)cc1. The third-order valence-electron chi connectivity index (χ3n) is 4.65. The number of aromatic nitrogens is 3. The lowest BCUT2D eigenvalue weighted by molar-refractivity contribution is -0.113. The molecule has 1 amide bonds. The Morgan fingerprint density at radius 1 is 1.07 bits per heavy atom. The van der Waals surface area contributed by atoms with Crippen molar-refractivity contribution >= 4 is 45.1 Å². The van der Waals surface area contributed by atoms with Crippen molar-refractivity contribution in [2.45, 2.75) is 19.0 Å². The molecule has 2 aromatic carbocycles. The van der Waals surface area contributed by atoms with Crippen molar-refractivity contribution in [1.29, 1.82) is 0 Å². The van der Waals surface area contributed by atoms with Gasteiger partial charge in [-0.2, -0.15) is 4.37 Å². The highest BCUT2D eigenvalue weighted by Gasteiger charge is 2.17. The molecule has 0 aliphatic carbocycles. The molecule has 0 atom stereocenters. The number of rotatable bonds is 5. The average Bonchev–Trinajstić information content (AvgIpc) is 3.16. The molecule has 0 bridgehead atoms. The van der Waals surface area contributed by atoms with Crippen LogP contribution in [-0.2, 0) is 11.8 Å². The van der Waals surface area contributed by atoms with Gasteiger partial charge in [0.1, 0.15) is 15.9 Å². The first-order valence-corrected chi connectivity index (χ1v) is 11.1. The average molecular weight is 437 g/mol. The number of thioether (sulfide) groups is 1. The van der Waals surface area contributed by atoms with E-state index in [1.165, 1.54) is 16.3 Å². The molecule has 0 saturated heterocycles. The number of hydrogen-bond acceptors (Lipinski definition) is 6. The van der Waals surface area contributed by atoms with Gasteiger partial charge in [0, 0.05) is 18.3 Å². The Hall–Kier alpha value is -2.97. The molecular formula is C22H20N4O2S2. The summed E-state index contributed by atoms with van der Waals surface area (Å²) in [6, 6.07) is 15.6. The van der Waals surface area contributed by atoms with E-state index in [0.29, 0.717) is 21.1 Å². The lowest BCUT2D eigenvalue weighted by Crippen LogP contribution is -2.20. The molecule has 30 heavy (non-hydrogen) atoms. The van der Waals surface area contributed by atoms with E-state index in [2.05, 4.69) is 14.7 Å². The molecule has 0 spiro atoms. The van der Waals surface area contributed by atoms with Crippen molar-refractivity contribution in [1.82, 2.24) is 13.9 Å². The van der Waals surface area contributed by atoms with Crippen LogP contribution in [0.4, 0.5) is 5.69 Å². The number of benzene rings is 2. The van der Waals surface area contributed by atoms with Crippen LogP contribution < -0.4 is 10.9 Å². The first-order valence-electron chi connectivity index (χ1n) is 9.35. The van der Waals surface area contributed by atoms with E-state index >= 15 is 0 Å². The quantitative estimate of drug-likeness (QED) is 0.371. The van der Waals surface area contributed by atoms with E-state index in [0.717, 1.165) is 33.9 Å². The van der Waals surface area contributed by atoms with Crippen LogP contribution in [0.1, 0.15) is 11.1 Å². The van der Waals surface area contributed by atoms with Crippen LogP contribution in [0, 0.1) is 13.8 Å². The summed E-state index contributed by atoms with van der Waals surface area (Å²) in [6.07, 6.45) is 0. The van der Waals surface area contributed by atoms with Crippen molar-refractivity contribution < 1.29 is 4.79 Å². The minimum atomic E-state index is -0.155. The zero-order valence-corrected chi connectivity index (χ0v) is 18.4. The number of anilines is 1. The Morgan fingerprint density at radius 3 is 2.37 bits per heavy atom. The Balaban J connectivity index is 1.59. The molecule has 6 nitrogen and oxygen atoms in total. The zero-order valence-electron chi connectivity index (χ0n) is 16.8. The molecule has 2 heterocycles. The van der Waals surface area contributed by atoms with Crippen molar-refractivity contribution in [3.8, 4) is 11.3 Å². The molecule has 152 valence electrons. The summed E-state index contributed by atoms with van der Waals surface area (Å²) in [6.45, 7) is 4.02.